The molecule has 2 rings (SSSR count). The van der Waals surface area contributed by atoms with Gasteiger partial charge in [-0.2, -0.15) is 0 Å². The molecule has 1 atom stereocenters. The number of nitrogens with zero attached hydrogens (tertiary/aromatic N) is 2. The maximum absolute atomic E-state index is 5.50. The SMILES string of the molecule is CN1CCC(c2ncc(CN)o2)C1. The van der Waals surface area contributed by atoms with Crippen molar-refractivity contribution in [2.45, 2.75) is 18.9 Å². The molecular formula is C9H15N3O. The molecule has 13 heavy (non-hydrogen) atoms. The zero-order valence-electron chi connectivity index (χ0n) is 7.86. The van der Waals surface area contributed by atoms with E-state index in [0.717, 1.165) is 31.2 Å². The summed E-state index contributed by atoms with van der Waals surface area (Å²) in [7, 11) is 2.12. The van der Waals surface area contributed by atoms with E-state index in [4.69, 9.17) is 10.2 Å². The van der Waals surface area contributed by atoms with Crippen molar-refractivity contribution in [3.63, 3.8) is 0 Å². The Hall–Kier alpha value is -0.870. The Balaban J connectivity index is 2.08. The summed E-state index contributed by atoms with van der Waals surface area (Å²) in [6.07, 6.45) is 2.87. The fraction of sp³-hybridized carbons (Fsp3) is 0.667. The summed E-state index contributed by atoms with van der Waals surface area (Å²) in [5.74, 6) is 2.10. The maximum Gasteiger partial charge on any atom is 0.198 e. The van der Waals surface area contributed by atoms with E-state index in [9.17, 15) is 0 Å². The maximum atomic E-state index is 5.50. The van der Waals surface area contributed by atoms with E-state index < -0.39 is 0 Å². The van der Waals surface area contributed by atoms with Crippen molar-refractivity contribution in [3.05, 3.63) is 17.8 Å². The van der Waals surface area contributed by atoms with Crippen molar-refractivity contribution in [3.8, 4) is 0 Å². The fourth-order valence-electron chi connectivity index (χ4n) is 1.74. The monoisotopic (exact) mass is 181 g/mol. The molecule has 1 aliphatic heterocycles. The molecule has 0 radical (unpaired) electrons. The summed E-state index contributed by atoms with van der Waals surface area (Å²) >= 11 is 0. The van der Waals surface area contributed by atoms with Crippen LogP contribution in [0.3, 0.4) is 0 Å². The van der Waals surface area contributed by atoms with Crippen LogP contribution < -0.4 is 5.73 Å². The van der Waals surface area contributed by atoms with Crippen LogP contribution in [0.4, 0.5) is 0 Å². The quantitative estimate of drug-likeness (QED) is 0.724. The number of nitrogens with two attached hydrogens (primary N) is 1. The average molecular weight is 181 g/mol. The summed E-state index contributed by atoms with van der Waals surface area (Å²) in [6.45, 7) is 2.62. The molecule has 1 saturated heterocycles. The number of hydrogen-bond acceptors (Lipinski definition) is 4. The second-order valence-electron chi connectivity index (χ2n) is 3.62. The van der Waals surface area contributed by atoms with Crippen LogP contribution in [0.15, 0.2) is 10.6 Å². The van der Waals surface area contributed by atoms with E-state index in [0.29, 0.717) is 12.5 Å². The van der Waals surface area contributed by atoms with Gasteiger partial charge >= 0.3 is 0 Å². The minimum absolute atomic E-state index is 0.440. The highest BCUT2D eigenvalue weighted by molar-refractivity contribution is 5.01. The molecule has 1 aliphatic rings. The molecule has 1 aromatic rings. The smallest absolute Gasteiger partial charge is 0.198 e. The molecule has 0 saturated carbocycles. The molecule has 2 N–H and O–H groups in total. The minimum Gasteiger partial charge on any atom is -0.444 e. The van der Waals surface area contributed by atoms with Gasteiger partial charge in [-0.3, -0.25) is 0 Å². The summed E-state index contributed by atoms with van der Waals surface area (Å²) in [5, 5.41) is 0. The number of aromatic nitrogens is 1. The first kappa shape index (κ1) is 8.72. The second-order valence-corrected chi connectivity index (χ2v) is 3.62. The van der Waals surface area contributed by atoms with Crippen LogP contribution in [-0.4, -0.2) is 30.0 Å². The third-order valence-corrected chi connectivity index (χ3v) is 2.51. The largest absolute Gasteiger partial charge is 0.444 e. The molecule has 0 bridgehead atoms. The molecular weight excluding hydrogens is 166 g/mol. The molecule has 4 heteroatoms. The number of hydrogen-bond donors (Lipinski definition) is 1. The zero-order chi connectivity index (χ0) is 9.26. The summed E-state index contributed by atoms with van der Waals surface area (Å²) in [4.78, 5) is 6.52. The first-order chi connectivity index (χ1) is 6.29. The molecule has 72 valence electrons. The molecule has 1 aromatic heterocycles. The lowest BCUT2D eigenvalue weighted by molar-refractivity contribution is 0.384. The van der Waals surface area contributed by atoms with E-state index in [1.807, 2.05) is 0 Å². The van der Waals surface area contributed by atoms with Crippen LogP contribution in [0.1, 0.15) is 24.0 Å². The predicted octanol–water partition coefficient (Wildman–Crippen LogP) is 0.552. The van der Waals surface area contributed by atoms with Crippen LogP contribution in [-0.2, 0) is 6.54 Å². The van der Waals surface area contributed by atoms with Gasteiger partial charge in [0.1, 0.15) is 5.76 Å². The van der Waals surface area contributed by atoms with Crippen molar-refractivity contribution in [2.75, 3.05) is 20.1 Å². The van der Waals surface area contributed by atoms with Crippen LogP contribution in [0, 0.1) is 0 Å². The van der Waals surface area contributed by atoms with Crippen LogP contribution in [0.5, 0.6) is 0 Å². The van der Waals surface area contributed by atoms with Crippen LogP contribution in [0.25, 0.3) is 0 Å². The predicted molar refractivity (Wildman–Crippen MR) is 49.2 cm³/mol. The van der Waals surface area contributed by atoms with Crippen molar-refractivity contribution in [1.82, 2.24) is 9.88 Å². The molecule has 0 aliphatic carbocycles. The van der Waals surface area contributed by atoms with Gasteiger partial charge in [0.15, 0.2) is 5.89 Å². The van der Waals surface area contributed by atoms with Gasteiger partial charge in [-0.05, 0) is 20.0 Å². The van der Waals surface area contributed by atoms with Gasteiger partial charge in [0, 0.05) is 12.5 Å². The van der Waals surface area contributed by atoms with E-state index in [1.54, 1.807) is 6.20 Å². The Morgan fingerprint density at radius 1 is 1.77 bits per heavy atom. The van der Waals surface area contributed by atoms with Crippen molar-refractivity contribution in [1.29, 1.82) is 0 Å². The molecule has 0 spiro atoms. The number of likely N-dealkylation sites (tertiary alicyclic amines) is 1. The van der Waals surface area contributed by atoms with E-state index in [2.05, 4.69) is 16.9 Å². The summed E-state index contributed by atoms with van der Waals surface area (Å²) in [5.41, 5.74) is 5.44. The highest BCUT2D eigenvalue weighted by atomic mass is 16.4. The topological polar surface area (TPSA) is 55.3 Å². The molecule has 0 aromatic carbocycles. The van der Waals surface area contributed by atoms with E-state index in [1.165, 1.54) is 0 Å². The van der Waals surface area contributed by atoms with E-state index >= 15 is 0 Å². The van der Waals surface area contributed by atoms with Crippen molar-refractivity contribution in [2.24, 2.45) is 5.73 Å². The van der Waals surface area contributed by atoms with Gasteiger partial charge in [-0.1, -0.05) is 0 Å². The van der Waals surface area contributed by atoms with Gasteiger partial charge in [0.2, 0.25) is 0 Å². The standard InChI is InChI=1S/C9H15N3O/c1-12-3-2-7(6-12)9-11-5-8(4-10)13-9/h5,7H,2-4,6,10H2,1H3. The molecule has 0 amide bonds. The molecule has 1 fully saturated rings. The first-order valence-corrected chi connectivity index (χ1v) is 4.63. The van der Waals surface area contributed by atoms with Gasteiger partial charge in [0.05, 0.1) is 12.7 Å². The first-order valence-electron chi connectivity index (χ1n) is 4.63. The van der Waals surface area contributed by atoms with Crippen LogP contribution in [0.2, 0.25) is 0 Å². The lowest BCUT2D eigenvalue weighted by Gasteiger charge is -2.05. The lowest BCUT2D eigenvalue weighted by atomic mass is 10.1. The fourth-order valence-corrected chi connectivity index (χ4v) is 1.74. The highest BCUT2D eigenvalue weighted by Gasteiger charge is 2.24. The van der Waals surface area contributed by atoms with Gasteiger partial charge in [-0.15, -0.1) is 0 Å². The zero-order valence-corrected chi connectivity index (χ0v) is 7.86. The number of likely N-dealkylation sites (N-methyl/N-ethyl adjacent to an activating group) is 1. The summed E-state index contributed by atoms with van der Waals surface area (Å²) in [6, 6.07) is 0. The van der Waals surface area contributed by atoms with Crippen molar-refractivity contribution < 1.29 is 4.42 Å². The third-order valence-electron chi connectivity index (χ3n) is 2.51. The Bertz CT molecular complexity index is 284. The third kappa shape index (κ3) is 1.73. The van der Waals surface area contributed by atoms with Gasteiger partial charge < -0.3 is 15.1 Å². The Kier molecular flexibility index (Phi) is 2.33. The minimum atomic E-state index is 0.440. The summed E-state index contributed by atoms with van der Waals surface area (Å²) < 4.78 is 5.50. The molecule has 4 nitrogen and oxygen atoms in total. The second kappa shape index (κ2) is 3.47. The van der Waals surface area contributed by atoms with Gasteiger partial charge in [0.25, 0.3) is 0 Å². The average Bonchev–Trinajstić information content (AvgIpc) is 2.71. The normalized spacial score (nSPS) is 24.0. The van der Waals surface area contributed by atoms with Crippen molar-refractivity contribution >= 4 is 0 Å². The lowest BCUT2D eigenvalue weighted by Crippen LogP contribution is -2.13. The van der Waals surface area contributed by atoms with E-state index in [-0.39, 0.29) is 0 Å². The van der Waals surface area contributed by atoms with Gasteiger partial charge in [-0.25, -0.2) is 4.98 Å². The number of oxazole rings is 1. The Labute approximate surface area is 77.7 Å². The molecule has 1 unspecified atom stereocenters. The molecule has 2 heterocycles. The number of rotatable bonds is 2. The Morgan fingerprint density at radius 2 is 2.62 bits per heavy atom. The Morgan fingerprint density at radius 3 is 3.15 bits per heavy atom. The van der Waals surface area contributed by atoms with Crippen LogP contribution >= 0.6 is 0 Å². The highest BCUT2D eigenvalue weighted by Crippen LogP contribution is 2.25.